The number of ether oxygens (including phenoxy) is 10. The van der Waals surface area contributed by atoms with E-state index in [0.29, 0.717) is 24.3 Å². The normalized spacial score (nSPS) is 37.3. The van der Waals surface area contributed by atoms with Crippen LogP contribution in [0.15, 0.2) is 24.3 Å². The van der Waals surface area contributed by atoms with Crippen molar-refractivity contribution in [2.24, 2.45) is 11.8 Å². The molecule has 18 heteroatoms. The van der Waals surface area contributed by atoms with Crippen LogP contribution >= 0.6 is 0 Å². The molecular weight excluding hydrogens is 696 g/mol. The zero-order valence-electron chi connectivity index (χ0n) is 28.9. The summed E-state index contributed by atoms with van der Waals surface area (Å²) >= 11 is 0. The van der Waals surface area contributed by atoms with Gasteiger partial charge in [0.2, 0.25) is 24.1 Å². The zero-order chi connectivity index (χ0) is 37.4. The number of hydrogen-bond acceptors (Lipinski definition) is 18. The van der Waals surface area contributed by atoms with Gasteiger partial charge in [0.05, 0.1) is 67.1 Å². The third-order valence-corrected chi connectivity index (χ3v) is 10.1. The summed E-state index contributed by atoms with van der Waals surface area (Å²) in [6, 6.07) is 6.78. The lowest BCUT2D eigenvalue weighted by Gasteiger charge is -2.39. The maximum absolute atomic E-state index is 10.5. The van der Waals surface area contributed by atoms with Gasteiger partial charge in [-0.2, -0.15) is 0 Å². The van der Waals surface area contributed by atoms with E-state index in [4.69, 9.17) is 47.4 Å². The second-order valence-electron chi connectivity index (χ2n) is 13.0. The van der Waals surface area contributed by atoms with Crippen molar-refractivity contribution in [1.82, 2.24) is 0 Å². The Kier molecular flexibility index (Phi) is 11.8. The van der Waals surface area contributed by atoms with Gasteiger partial charge in [0.1, 0.15) is 48.8 Å². The fourth-order valence-electron chi connectivity index (χ4n) is 7.16. The van der Waals surface area contributed by atoms with Gasteiger partial charge < -0.3 is 88.2 Å². The molecule has 0 spiro atoms. The van der Waals surface area contributed by atoms with E-state index >= 15 is 0 Å². The minimum Gasteiger partial charge on any atom is -0.493 e. The molecule has 0 radical (unpaired) electrons. The number of aliphatic hydroxyl groups excluding tert-OH is 8. The van der Waals surface area contributed by atoms with Gasteiger partial charge in [-0.1, -0.05) is 0 Å². The summed E-state index contributed by atoms with van der Waals surface area (Å²) in [5.41, 5.74) is 1.37. The molecule has 290 valence electrons. The van der Waals surface area contributed by atoms with E-state index in [1.54, 1.807) is 24.3 Å². The predicted molar refractivity (Wildman–Crippen MR) is 172 cm³/mol. The van der Waals surface area contributed by atoms with Gasteiger partial charge in [0.15, 0.2) is 23.0 Å². The Bertz CT molecular complexity index is 1360. The fraction of sp³-hybridized carbons (Fsp3) is 0.647. The summed E-state index contributed by atoms with van der Waals surface area (Å²) in [6.45, 7) is -0.604. The molecule has 2 aromatic carbocycles. The van der Waals surface area contributed by atoms with Gasteiger partial charge in [0.25, 0.3) is 0 Å². The first-order valence-electron chi connectivity index (χ1n) is 16.7. The summed E-state index contributed by atoms with van der Waals surface area (Å²) in [7, 11) is 5.66. The smallest absolute Gasteiger partial charge is 0.229 e. The Morgan fingerprint density at radius 2 is 0.846 bits per heavy atom. The average Bonchev–Trinajstić information content (AvgIpc) is 3.78. The molecule has 0 saturated carbocycles. The molecule has 0 aliphatic carbocycles. The van der Waals surface area contributed by atoms with E-state index in [1.165, 1.54) is 28.4 Å². The number of methoxy groups -OCH3 is 4. The summed E-state index contributed by atoms with van der Waals surface area (Å²) in [5.74, 6) is 0.683. The minimum atomic E-state index is -1.65. The maximum Gasteiger partial charge on any atom is 0.229 e. The third-order valence-electron chi connectivity index (χ3n) is 10.1. The summed E-state index contributed by atoms with van der Waals surface area (Å²) in [4.78, 5) is 0. The Hall–Kier alpha value is -3.24. The molecule has 8 N–H and O–H groups in total. The maximum atomic E-state index is 10.5. The van der Waals surface area contributed by atoms with Crippen molar-refractivity contribution in [2.45, 2.75) is 73.6 Å². The van der Waals surface area contributed by atoms with Crippen molar-refractivity contribution < 1.29 is 88.2 Å². The summed E-state index contributed by atoms with van der Waals surface area (Å²) < 4.78 is 58.0. The van der Waals surface area contributed by atoms with Gasteiger partial charge in [-0.15, -0.1) is 0 Å². The van der Waals surface area contributed by atoms with Gasteiger partial charge >= 0.3 is 0 Å². The van der Waals surface area contributed by atoms with Crippen molar-refractivity contribution >= 4 is 0 Å². The predicted octanol–water partition coefficient (Wildman–Crippen LogP) is -1.85. The van der Waals surface area contributed by atoms with Crippen LogP contribution in [0.1, 0.15) is 23.3 Å². The van der Waals surface area contributed by atoms with Crippen LogP contribution in [0, 0.1) is 11.8 Å². The Morgan fingerprint density at radius 1 is 0.519 bits per heavy atom. The number of benzene rings is 2. The highest BCUT2D eigenvalue weighted by atomic mass is 16.7. The van der Waals surface area contributed by atoms with E-state index in [-0.39, 0.29) is 46.3 Å². The van der Waals surface area contributed by atoms with Gasteiger partial charge in [-0.3, -0.25) is 0 Å². The van der Waals surface area contributed by atoms with Crippen LogP contribution in [0.4, 0.5) is 0 Å². The molecule has 4 fully saturated rings. The topological polar surface area (TPSA) is 254 Å². The quantitative estimate of drug-likeness (QED) is 0.119. The number of aliphatic hydroxyl groups is 8. The van der Waals surface area contributed by atoms with Crippen LogP contribution in [0.25, 0.3) is 0 Å². The van der Waals surface area contributed by atoms with Crippen LogP contribution < -0.4 is 28.4 Å². The molecule has 4 aliphatic rings. The number of rotatable bonds is 12. The highest BCUT2D eigenvalue weighted by molar-refractivity contribution is 5.56. The second kappa shape index (κ2) is 16.0. The number of fused-ring (bicyclic) bond motifs is 1. The van der Waals surface area contributed by atoms with Crippen molar-refractivity contribution in [3.8, 4) is 34.5 Å². The lowest BCUT2D eigenvalue weighted by molar-refractivity contribution is -0.277. The molecule has 2 aromatic rings. The van der Waals surface area contributed by atoms with E-state index in [2.05, 4.69) is 0 Å². The third kappa shape index (κ3) is 6.94. The monoisotopic (exact) mass is 742 g/mol. The van der Waals surface area contributed by atoms with Gasteiger partial charge in [-0.05, 0) is 35.4 Å². The van der Waals surface area contributed by atoms with E-state index in [9.17, 15) is 40.9 Å². The van der Waals surface area contributed by atoms with Gasteiger partial charge in [-0.25, -0.2) is 0 Å². The van der Waals surface area contributed by atoms with E-state index in [0.717, 1.165) is 0 Å². The molecule has 0 aromatic heterocycles. The molecule has 14 atom stereocenters. The SMILES string of the molecule is COc1cc([C@H]2OCC3C2CO[C@@H]3c2cc(OC)c(O[C@@H]3O[C@H](CO)[C@@H](O)[C@H](O)[C@H]3O)c(OC)c2)cc(OC)c1O[C@@H]1O[C@H](CO)[C@@H](O)[C@H](O)[C@H]1O. The van der Waals surface area contributed by atoms with Crippen LogP contribution in [-0.4, -0.2) is 157 Å². The van der Waals surface area contributed by atoms with Crippen molar-refractivity contribution in [2.75, 3.05) is 54.9 Å². The van der Waals surface area contributed by atoms with E-state index in [1.807, 2.05) is 0 Å². The summed E-state index contributed by atoms with van der Waals surface area (Å²) in [5, 5.41) is 81.0. The van der Waals surface area contributed by atoms with Crippen LogP contribution in [-0.2, 0) is 18.9 Å². The molecule has 18 nitrogen and oxygen atoms in total. The Balaban J connectivity index is 1.22. The largest absolute Gasteiger partial charge is 0.493 e. The van der Waals surface area contributed by atoms with Crippen LogP contribution in [0.5, 0.6) is 34.5 Å². The molecule has 4 aliphatic heterocycles. The van der Waals surface area contributed by atoms with Crippen molar-refractivity contribution in [3.63, 3.8) is 0 Å². The summed E-state index contributed by atoms with van der Waals surface area (Å²) in [6.07, 6.45) is -15.9. The van der Waals surface area contributed by atoms with Gasteiger partial charge in [0, 0.05) is 11.8 Å². The second-order valence-corrected chi connectivity index (χ2v) is 13.0. The Labute approximate surface area is 298 Å². The van der Waals surface area contributed by atoms with Crippen LogP contribution in [0.2, 0.25) is 0 Å². The minimum absolute atomic E-state index is 0.0541. The van der Waals surface area contributed by atoms with Crippen molar-refractivity contribution in [3.05, 3.63) is 35.4 Å². The standard InChI is InChI=1S/C34H46O18/c1-43-17-5-13(6-18(44-2)31(17)51-33-27(41)25(39)23(37)21(9-35)49-33)29-15-11-48-30(16(15)12-47-29)14-7-19(45-3)32(20(8-14)46-4)52-34-28(42)26(40)24(38)22(10-36)50-34/h5-8,15-16,21-30,33-42H,9-12H2,1-4H3/t15?,16?,21-,22-,23-,24-,25+,26+,27-,28-,29-,30-,33+,34+/m1/s1. The first-order chi connectivity index (χ1) is 25.0. The first-order valence-corrected chi connectivity index (χ1v) is 16.7. The molecule has 2 unspecified atom stereocenters. The highest BCUT2D eigenvalue weighted by Gasteiger charge is 2.50. The lowest BCUT2D eigenvalue weighted by atomic mass is 9.84. The van der Waals surface area contributed by atoms with Crippen LogP contribution in [0.3, 0.4) is 0 Å². The first kappa shape index (κ1) is 38.5. The highest BCUT2D eigenvalue weighted by Crippen LogP contribution is 2.54. The molecule has 4 saturated heterocycles. The molecule has 6 rings (SSSR count). The zero-order valence-corrected chi connectivity index (χ0v) is 28.9. The molecule has 52 heavy (non-hydrogen) atoms. The van der Waals surface area contributed by atoms with Crippen molar-refractivity contribution in [1.29, 1.82) is 0 Å². The lowest BCUT2D eigenvalue weighted by Crippen LogP contribution is -2.60. The van der Waals surface area contributed by atoms with E-state index < -0.39 is 86.8 Å². The average molecular weight is 743 g/mol. The molecule has 4 heterocycles. The molecular formula is C34H46O18. The number of hydrogen-bond donors (Lipinski definition) is 8. The molecule has 0 amide bonds. The fourth-order valence-corrected chi connectivity index (χ4v) is 7.16. The Morgan fingerprint density at radius 3 is 1.13 bits per heavy atom. The molecule has 0 bridgehead atoms.